The number of hydrogen-bond acceptors (Lipinski definition) is 3. The van der Waals surface area contributed by atoms with E-state index in [4.69, 9.17) is 5.11 Å². The van der Waals surface area contributed by atoms with E-state index in [1.807, 2.05) is 0 Å². The van der Waals surface area contributed by atoms with Crippen molar-refractivity contribution in [1.82, 2.24) is 0 Å². The SMILES string of the molecule is CCO.O=CCCCCC=O. The average Bonchev–Trinajstić information content (AvgIpc) is 2.00. The summed E-state index contributed by atoms with van der Waals surface area (Å²) in [6.07, 6.45) is 4.64. The Balaban J connectivity index is 0. The van der Waals surface area contributed by atoms with Crippen molar-refractivity contribution in [1.29, 1.82) is 0 Å². The van der Waals surface area contributed by atoms with Crippen molar-refractivity contribution in [3.63, 3.8) is 0 Å². The Morgan fingerprint density at radius 3 is 1.55 bits per heavy atom. The molecule has 0 aromatic rings. The molecule has 0 atom stereocenters. The van der Waals surface area contributed by atoms with Crippen molar-refractivity contribution in [2.24, 2.45) is 0 Å². The predicted molar refractivity (Wildman–Crippen MR) is 43.4 cm³/mol. The van der Waals surface area contributed by atoms with Gasteiger partial charge in [0.05, 0.1) is 0 Å². The third kappa shape index (κ3) is 26.8. The Bertz CT molecular complexity index is 71.4. The molecule has 0 heterocycles. The van der Waals surface area contributed by atoms with Crippen LogP contribution in [0.15, 0.2) is 0 Å². The molecule has 0 radical (unpaired) electrons. The molecule has 1 N–H and O–H groups in total. The fourth-order valence-corrected chi connectivity index (χ4v) is 0.455. The van der Waals surface area contributed by atoms with E-state index in [0.29, 0.717) is 12.8 Å². The van der Waals surface area contributed by atoms with Gasteiger partial charge in [0.2, 0.25) is 0 Å². The second-order valence-electron chi connectivity index (χ2n) is 1.93. The summed E-state index contributed by atoms with van der Waals surface area (Å²) in [6, 6.07) is 0. The number of carbonyl (C=O) groups excluding carboxylic acids is 2. The molecule has 0 aromatic heterocycles. The zero-order valence-electron chi connectivity index (χ0n) is 6.95. The van der Waals surface area contributed by atoms with Crippen molar-refractivity contribution in [2.75, 3.05) is 6.61 Å². The molecule has 0 amide bonds. The highest BCUT2D eigenvalue weighted by Gasteiger charge is 1.83. The number of aliphatic hydroxyl groups excluding tert-OH is 1. The van der Waals surface area contributed by atoms with Crippen LogP contribution in [-0.2, 0) is 9.59 Å². The summed E-state index contributed by atoms with van der Waals surface area (Å²) in [5, 5.41) is 7.57. The lowest BCUT2D eigenvalue weighted by Crippen LogP contribution is -1.78. The zero-order chi connectivity index (χ0) is 8.95. The van der Waals surface area contributed by atoms with Crippen molar-refractivity contribution in [3.05, 3.63) is 0 Å². The van der Waals surface area contributed by atoms with E-state index in [9.17, 15) is 9.59 Å². The van der Waals surface area contributed by atoms with Gasteiger partial charge in [-0.05, 0) is 19.8 Å². The molecule has 0 fully saturated rings. The van der Waals surface area contributed by atoms with Gasteiger partial charge in [0, 0.05) is 19.4 Å². The molecule has 0 bridgehead atoms. The Hall–Kier alpha value is -0.700. The fraction of sp³-hybridized carbons (Fsp3) is 0.750. The van der Waals surface area contributed by atoms with Gasteiger partial charge >= 0.3 is 0 Å². The standard InChI is InChI=1S/C6H10O2.C2H6O/c7-5-3-1-2-4-6-8;1-2-3/h5-6H,1-4H2;3H,2H2,1H3. The van der Waals surface area contributed by atoms with Crippen molar-refractivity contribution in [3.8, 4) is 0 Å². The molecule has 0 aliphatic rings. The van der Waals surface area contributed by atoms with Crippen LogP contribution in [0, 0.1) is 0 Å². The van der Waals surface area contributed by atoms with Crippen molar-refractivity contribution < 1.29 is 14.7 Å². The van der Waals surface area contributed by atoms with Crippen LogP contribution in [0.2, 0.25) is 0 Å². The van der Waals surface area contributed by atoms with Gasteiger partial charge in [-0.15, -0.1) is 0 Å². The van der Waals surface area contributed by atoms with Crippen LogP contribution in [-0.4, -0.2) is 24.3 Å². The van der Waals surface area contributed by atoms with E-state index in [-0.39, 0.29) is 6.61 Å². The van der Waals surface area contributed by atoms with Crippen LogP contribution >= 0.6 is 0 Å². The molecule has 0 aliphatic carbocycles. The summed E-state index contributed by atoms with van der Waals surface area (Å²) in [5.74, 6) is 0. The molecule has 0 unspecified atom stereocenters. The largest absolute Gasteiger partial charge is 0.397 e. The summed E-state index contributed by atoms with van der Waals surface area (Å²) < 4.78 is 0. The number of aliphatic hydroxyl groups is 1. The topological polar surface area (TPSA) is 54.4 Å². The van der Waals surface area contributed by atoms with Gasteiger partial charge in [0.15, 0.2) is 0 Å². The first-order chi connectivity index (χ1) is 5.33. The second-order valence-corrected chi connectivity index (χ2v) is 1.93. The van der Waals surface area contributed by atoms with E-state index >= 15 is 0 Å². The van der Waals surface area contributed by atoms with E-state index in [1.54, 1.807) is 6.92 Å². The molecular formula is C8H16O3. The molecule has 3 nitrogen and oxygen atoms in total. The van der Waals surface area contributed by atoms with E-state index in [2.05, 4.69) is 0 Å². The Labute approximate surface area is 67.4 Å². The monoisotopic (exact) mass is 160 g/mol. The third-order valence-corrected chi connectivity index (χ3v) is 0.894. The highest BCUT2D eigenvalue weighted by molar-refractivity contribution is 5.50. The summed E-state index contributed by atoms with van der Waals surface area (Å²) in [6.45, 7) is 1.93. The van der Waals surface area contributed by atoms with Crippen molar-refractivity contribution in [2.45, 2.75) is 32.6 Å². The highest BCUT2D eigenvalue weighted by atomic mass is 16.2. The molecule has 0 spiro atoms. The lowest BCUT2D eigenvalue weighted by atomic mass is 10.2. The van der Waals surface area contributed by atoms with Crippen LogP contribution in [0.4, 0.5) is 0 Å². The zero-order valence-corrected chi connectivity index (χ0v) is 6.95. The Kier molecular flexibility index (Phi) is 19.0. The maximum Gasteiger partial charge on any atom is 0.119 e. The number of unbranched alkanes of at least 4 members (excludes halogenated alkanes) is 3. The lowest BCUT2D eigenvalue weighted by molar-refractivity contribution is -0.109. The van der Waals surface area contributed by atoms with Gasteiger partial charge in [-0.25, -0.2) is 0 Å². The van der Waals surface area contributed by atoms with Crippen LogP contribution < -0.4 is 0 Å². The maximum atomic E-state index is 9.68. The molecule has 0 saturated heterocycles. The molecule has 3 heteroatoms. The van der Waals surface area contributed by atoms with Gasteiger partial charge in [0.1, 0.15) is 12.6 Å². The first kappa shape index (κ1) is 12.9. The van der Waals surface area contributed by atoms with E-state index < -0.39 is 0 Å². The van der Waals surface area contributed by atoms with Gasteiger partial charge in [-0.1, -0.05) is 0 Å². The van der Waals surface area contributed by atoms with Crippen LogP contribution in [0.5, 0.6) is 0 Å². The van der Waals surface area contributed by atoms with Gasteiger partial charge in [-0.3, -0.25) is 0 Å². The van der Waals surface area contributed by atoms with E-state index in [0.717, 1.165) is 25.4 Å². The minimum atomic E-state index is 0.250. The maximum absolute atomic E-state index is 9.68. The lowest BCUT2D eigenvalue weighted by Gasteiger charge is -1.85. The van der Waals surface area contributed by atoms with Gasteiger partial charge in [-0.2, -0.15) is 0 Å². The summed E-state index contributed by atoms with van der Waals surface area (Å²) in [5.41, 5.74) is 0. The number of hydrogen-bond donors (Lipinski definition) is 1. The number of aldehydes is 2. The molecule has 0 aromatic carbocycles. The minimum absolute atomic E-state index is 0.250. The molecular weight excluding hydrogens is 144 g/mol. The molecule has 11 heavy (non-hydrogen) atoms. The molecule has 0 rings (SSSR count). The first-order valence-corrected chi connectivity index (χ1v) is 3.81. The average molecular weight is 160 g/mol. The summed E-state index contributed by atoms with van der Waals surface area (Å²) >= 11 is 0. The third-order valence-electron chi connectivity index (χ3n) is 0.894. The quantitative estimate of drug-likeness (QED) is 0.481. The highest BCUT2D eigenvalue weighted by Crippen LogP contribution is 1.93. The van der Waals surface area contributed by atoms with Gasteiger partial charge in [0.25, 0.3) is 0 Å². The van der Waals surface area contributed by atoms with Crippen LogP contribution in [0.3, 0.4) is 0 Å². The number of carbonyl (C=O) groups is 2. The summed E-state index contributed by atoms with van der Waals surface area (Å²) in [7, 11) is 0. The van der Waals surface area contributed by atoms with Crippen molar-refractivity contribution >= 4 is 12.6 Å². The van der Waals surface area contributed by atoms with Gasteiger partial charge < -0.3 is 14.7 Å². The first-order valence-electron chi connectivity index (χ1n) is 3.81. The Morgan fingerprint density at radius 2 is 1.36 bits per heavy atom. The number of rotatable bonds is 5. The normalized spacial score (nSPS) is 7.82. The van der Waals surface area contributed by atoms with Crippen LogP contribution in [0.1, 0.15) is 32.6 Å². The minimum Gasteiger partial charge on any atom is -0.397 e. The van der Waals surface area contributed by atoms with E-state index in [1.165, 1.54) is 0 Å². The molecule has 0 aliphatic heterocycles. The molecule has 0 saturated carbocycles. The molecule has 66 valence electrons. The summed E-state index contributed by atoms with van der Waals surface area (Å²) in [4.78, 5) is 19.4. The Morgan fingerprint density at radius 1 is 1.09 bits per heavy atom. The fourth-order valence-electron chi connectivity index (χ4n) is 0.455. The smallest absolute Gasteiger partial charge is 0.119 e. The predicted octanol–water partition coefficient (Wildman–Crippen LogP) is 0.943. The second kappa shape index (κ2) is 16.1. The van der Waals surface area contributed by atoms with Crippen LogP contribution in [0.25, 0.3) is 0 Å².